The lowest BCUT2D eigenvalue weighted by Gasteiger charge is -2.10. The highest BCUT2D eigenvalue weighted by Gasteiger charge is 2.56. The summed E-state index contributed by atoms with van der Waals surface area (Å²) in [6.45, 7) is 1.67. The van der Waals surface area contributed by atoms with Gasteiger partial charge in [0.25, 0.3) is 0 Å². The second-order valence-electron chi connectivity index (χ2n) is 3.75. The molecule has 0 heterocycles. The van der Waals surface area contributed by atoms with E-state index >= 15 is 0 Å². The van der Waals surface area contributed by atoms with Crippen molar-refractivity contribution in [2.24, 2.45) is 5.41 Å². The van der Waals surface area contributed by atoms with Crippen LogP contribution >= 0.6 is 0 Å². The summed E-state index contributed by atoms with van der Waals surface area (Å²) < 4.78 is 9.91. The Hall–Kier alpha value is -1.14. The molecule has 1 amide bonds. The summed E-state index contributed by atoms with van der Waals surface area (Å²) >= 11 is 0. The number of amides is 1. The molecule has 0 aromatic heterocycles. The minimum atomic E-state index is -1.16. The van der Waals surface area contributed by atoms with Crippen LogP contribution in [-0.4, -0.2) is 50.5 Å². The molecule has 0 spiro atoms. The third-order valence-corrected chi connectivity index (χ3v) is 2.56. The molecule has 1 fully saturated rings. The molecule has 2 N–H and O–H groups in total. The van der Waals surface area contributed by atoms with E-state index in [0.717, 1.165) is 0 Å². The minimum Gasteiger partial charge on any atom is -0.480 e. The van der Waals surface area contributed by atoms with Gasteiger partial charge in [0.2, 0.25) is 5.91 Å². The van der Waals surface area contributed by atoms with E-state index in [1.807, 2.05) is 0 Å². The average molecular weight is 231 g/mol. The van der Waals surface area contributed by atoms with E-state index in [4.69, 9.17) is 14.6 Å². The second-order valence-corrected chi connectivity index (χ2v) is 3.75. The van der Waals surface area contributed by atoms with Crippen molar-refractivity contribution in [2.75, 3.05) is 33.5 Å². The van der Waals surface area contributed by atoms with Crippen LogP contribution in [0, 0.1) is 5.41 Å². The molecule has 6 heteroatoms. The van der Waals surface area contributed by atoms with E-state index in [1.54, 1.807) is 7.11 Å². The molecule has 0 unspecified atom stereocenters. The van der Waals surface area contributed by atoms with Gasteiger partial charge in [-0.05, 0) is 12.8 Å². The lowest BCUT2D eigenvalue weighted by Crippen LogP contribution is -2.38. The molecule has 0 saturated heterocycles. The monoisotopic (exact) mass is 231 g/mol. The standard InChI is InChI=1S/C10H17NO5/c1-15-6-7-16-5-4-11-8(12)10(2-3-10)9(13)14/h2-7H2,1H3,(H,11,12)(H,13,14). The zero-order chi connectivity index (χ0) is 12.0. The summed E-state index contributed by atoms with van der Waals surface area (Å²) in [7, 11) is 1.58. The largest absolute Gasteiger partial charge is 0.480 e. The first-order valence-corrected chi connectivity index (χ1v) is 5.22. The molecule has 1 rings (SSSR count). The molecule has 6 nitrogen and oxygen atoms in total. The van der Waals surface area contributed by atoms with Crippen LogP contribution in [0.4, 0.5) is 0 Å². The number of carbonyl (C=O) groups is 2. The Bertz CT molecular complexity index is 262. The van der Waals surface area contributed by atoms with Crippen LogP contribution in [0.5, 0.6) is 0 Å². The first-order chi connectivity index (χ1) is 7.63. The van der Waals surface area contributed by atoms with E-state index < -0.39 is 17.3 Å². The van der Waals surface area contributed by atoms with Gasteiger partial charge >= 0.3 is 5.97 Å². The van der Waals surface area contributed by atoms with Gasteiger partial charge in [0, 0.05) is 13.7 Å². The van der Waals surface area contributed by atoms with Crippen LogP contribution in [0.25, 0.3) is 0 Å². The number of aliphatic carboxylic acids is 1. The van der Waals surface area contributed by atoms with Crippen molar-refractivity contribution in [1.82, 2.24) is 5.32 Å². The highest BCUT2D eigenvalue weighted by molar-refractivity contribution is 6.04. The molecule has 92 valence electrons. The maximum atomic E-state index is 11.5. The van der Waals surface area contributed by atoms with E-state index in [2.05, 4.69) is 5.32 Å². The number of methoxy groups -OCH3 is 1. The van der Waals surface area contributed by atoms with Crippen LogP contribution in [0.1, 0.15) is 12.8 Å². The first-order valence-electron chi connectivity index (χ1n) is 5.22. The Balaban J connectivity index is 2.10. The molecule has 16 heavy (non-hydrogen) atoms. The number of carbonyl (C=O) groups excluding carboxylic acids is 1. The lowest BCUT2D eigenvalue weighted by atomic mass is 10.1. The maximum absolute atomic E-state index is 11.5. The highest BCUT2D eigenvalue weighted by atomic mass is 16.5. The molecule has 0 bridgehead atoms. The van der Waals surface area contributed by atoms with Gasteiger partial charge in [-0.25, -0.2) is 0 Å². The average Bonchev–Trinajstić information content (AvgIpc) is 3.03. The van der Waals surface area contributed by atoms with E-state index in [1.165, 1.54) is 0 Å². The zero-order valence-corrected chi connectivity index (χ0v) is 9.32. The molecule has 1 saturated carbocycles. The zero-order valence-electron chi connectivity index (χ0n) is 9.32. The molecule has 0 aromatic rings. The van der Waals surface area contributed by atoms with Gasteiger partial charge in [0.1, 0.15) is 5.41 Å². The van der Waals surface area contributed by atoms with E-state index in [9.17, 15) is 9.59 Å². The Morgan fingerprint density at radius 1 is 1.31 bits per heavy atom. The molecular formula is C10H17NO5. The Labute approximate surface area is 93.9 Å². The van der Waals surface area contributed by atoms with E-state index in [-0.39, 0.29) is 0 Å². The summed E-state index contributed by atoms with van der Waals surface area (Å²) in [5.41, 5.74) is -1.16. The number of ether oxygens (including phenoxy) is 2. The van der Waals surface area contributed by atoms with Crippen molar-refractivity contribution < 1.29 is 24.2 Å². The summed E-state index contributed by atoms with van der Waals surface area (Å²) in [6.07, 6.45) is 0.859. The fraction of sp³-hybridized carbons (Fsp3) is 0.800. The molecule has 0 atom stereocenters. The minimum absolute atomic E-state index is 0.331. The van der Waals surface area contributed by atoms with Crippen LogP contribution < -0.4 is 5.32 Å². The number of carboxylic acid groups (broad SMARTS) is 1. The Morgan fingerprint density at radius 3 is 2.50 bits per heavy atom. The second kappa shape index (κ2) is 5.81. The fourth-order valence-corrected chi connectivity index (χ4v) is 1.31. The predicted octanol–water partition coefficient (Wildman–Crippen LogP) is -0.370. The number of rotatable bonds is 8. The lowest BCUT2D eigenvalue weighted by molar-refractivity contribution is -0.149. The summed E-state index contributed by atoms with van der Waals surface area (Å²) in [5.74, 6) is -1.44. The van der Waals surface area contributed by atoms with Crippen molar-refractivity contribution in [3.63, 3.8) is 0 Å². The topological polar surface area (TPSA) is 84.9 Å². The molecule has 0 aromatic carbocycles. The van der Waals surface area contributed by atoms with Gasteiger partial charge in [-0.2, -0.15) is 0 Å². The Morgan fingerprint density at radius 2 is 2.00 bits per heavy atom. The van der Waals surface area contributed by atoms with Crippen LogP contribution in [0.3, 0.4) is 0 Å². The third kappa shape index (κ3) is 3.18. The number of nitrogens with one attached hydrogen (secondary N) is 1. The van der Waals surface area contributed by atoms with Gasteiger partial charge < -0.3 is 19.9 Å². The highest BCUT2D eigenvalue weighted by Crippen LogP contribution is 2.45. The summed E-state index contributed by atoms with van der Waals surface area (Å²) in [5, 5.41) is 11.4. The summed E-state index contributed by atoms with van der Waals surface area (Å²) in [6, 6.07) is 0. The number of carboxylic acids is 1. The van der Waals surface area contributed by atoms with Crippen LogP contribution in [0.15, 0.2) is 0 Å². The molecular weight excluding hydrogens is 214 g/mol. The van der Waals surface area contributed by atoms with Crippen molar-refractivity contribution in [1.29, 1.82) is 0 Å². The van der Waals surface area contributed by atoms with Gasteiger partial charge in [0.15, 0.2) is 0 Å². The van der Waals surface area contributed by atoms with Crippen molar-refractivity contribution in [3.8, 4) is 0 Å². The fourth-order valence-electron chi connectivity index (χ4n) is 1.31. The van der Waals surface area contributed by atoms with Crippen molar-refractivity contribution in [3.05, 3.63) is 0 Å². The van der Waals surface area contributed by atoms with Gasteiger partial charge in [-0.1, -0.05) is 0 Å². The van der Waals surface area contributed by atoms with Gasteiger partial charge in [-0.3, -0.25) is 9.59 Å². The van der Waals surface area contributed by atoms with Crippen molar-refractivity contribution in [2.45, 2.75) is 12.8 Å². The Kier molecular flexibility index (Phi) is 4.70. The van der Waals surface area contributed by atoms with Gasteiger partial charge in [-0.15, -0.1) is 0 Å². The third-order valence-electron chi connectivity index (χ3n) is 2.56. The number of hydrogen-bond acceptors (Lipinski definition) is 4. The van der Waals surface area contributed by atoms with Crippen LogP contribution in [-0.2, 0) is 19.1 Å². The smallest absolute Gasteiger partial charge is 0.319 e. The maximum Gasteiger partial charge on any atom is 0.319 e. The SMILES string of the molecule is COCCOCCNC(=O)C1(C(=O)O)CC1. The molecule has 0 aliphatic heterocycles. The summed E-state index contributed by atoms with van der Waals surface area (Å²) in [4.78, 5) is 22.3. The molecule has 0 radical (unpaired) electrons. The normalized spacial score (nSPS) is 16.8. The van der Waals surface area contributed by atoms with E-state index in [0.29, 0.717) is 39.2 Å². The molecule has 1 aliphatic rings. The number of hydrogen-bond donors (Lipinski definition) is 2. The predicted molar refractivity (Wildman–Crippen MR) is 55.0 cm³/mol. The molecule has 1 aliphatic carbocycles. The van der Waals surface area contributed by atoms with Crippen molar-refractivity contribution >= 4 is 11.9 Å². The quantitative estimate of drug-likeness (QED) is 0.440. The van der Waals surface area contributed by atoms with Crippen LogP contribution in [0.2, 0.25) is 0 Å². The first kappa shape index (κ1) is 12.9. The van der Waals surface area contributed by atoms with Gasteiger partial charge in [0.05, 0.1) is 19.8 Å².